The van der Waals surface area contributed by atoms with Gasteiger partial charge in [-0.3, -0.25) is 4.79 Å². The predicted octanol–water partition coefficient (Wildman–Crippen LogP) is 4.70. The van der Waals surface area contributed by atoms with Gasteiger partial charge in [0.2, 0.25) is 0 Å². The summed E-state index contributed by atoms with van der Waals surface area (Å²) >= 11 is 0. The van der Waals surface area contributed by atoms with Crippen LogP contribution >= 0.6 is 0 Å². The molecule has 134 valence electrons. The summed E-state index contributed by atoms with van der Waals surface area (Å²) in [6.07, 6.45) is 1.62. The minimum Gasteiger partial charge on any atom is -0.372 e. The van der Waals surface area contributed by atoms with Gasteiger partial charge in [0.05, 0.1) is 0 Å². The second-order valence-corrected chi connectivity index (χ2v) is 6.15. The van der Waals surface area contributed by atoms with E-state index in [1.54, 1.807) is 6.08 Å². The second kappa shape index (κ2) is 8.87. The van der Waals surface area contributed by atoms with Crippen molar-refractivity contribution in [1.29, 1.82) is 5.26 Å². The third-order valence-corrected chi connectivity index (χ3v) is 4.42. The average Bonchev–Trinajstić information content (AvgIpc) is 2.65. The van der Waals surface area contributed by atoms with Gasteiger partial charge in [0.1, 0.15) is 11.6 Å². The van der Waals surface area contributed by atoms with Crippen LogP contribution in [0.2, 0.25) is 0 Å². The van der Waals surface area contributed by atoms with Crippen LogP contribution in [0.3, 0.4) is 0 Å². The monoisotopic (exact) mass is 347 g/mol. The number of para-hydroxylation sites is 1. The lowest BCUT2D eigenvalue weighted by Crippen LogP contribution is -2.21. The third kappa shape index (κ3) is 4.52. The van der Waals surface area contributed by atoms with E-state index < -0.39 is 5.91 Å². The van der Waals surface area contributed by atoms with Crippen molar-refractivity contribution in [1.82, 2.24) is 0 Å². The summed E-state index contributed by atoms with van der Waals surface area (Å²) in [6, 6.07) is 15.7. The van der Waals surface area contributed by atoms with Gasteiger partial charge >= 0.3 is 0 Å². The van der Waals surface area contributed by atoms with Crippen LogP contribution < -0.4 is 10.2 Å². The number of anilines is 2. The third-order valence-electron chi connectivity index (χ3n) is 4.42. The van der Waals surface area contributed by atoms with Gasteiger partial charge in [-0.2, -0.15) is 5.26 Å². The molecule has 4 nitrogen and oxygen atoms in total. The van der Waals surface area contributed by atoms with Crippen LogP contribution in [-0.4, -0.2) is 19.0 Å². The van der Waals surface area contributed by atoms with Gasteiger partial charge in [-0.15, -0.1) is 0 Å². The van der Waals surface area contributed by atoms with Crippen molar-refractivity contribution in [2.75, 3.05) is 23.3 Å². The smallest absolute Gasteiger partial charge is 0.266 e. The zero-order valence-electron chi connectivity index (χ0n) is 15.8. The van der Waals surface area contributed by atoms with E-state index in [-0.39, 0.29) is 5.57 Å². The van der Waals surface area contributed by atoms with Crippen molar-refractivity contribution < 1.29 is 4.79 Å². The molecular formula is C22H25N3O. The summed E-state index contributed by atoms with van der Waals surface area (Å²) in [7, 11) is 0. The Morgan fingerprint density at radius 2 is 1.65 bits per heavy atom. The molecule has 0 aliphatic heterocycles. The maximum absolute atomic E-state index is 12.5. The molecule has 0 fully saturated rings. The molecule has 2 aromatic carbocycles. The van der Waals surface area contributed by atoms with E-state index in [2.05, 4.69) is 24.1 Å². The molecule has 1 amide bonds. The molecule has 0 spiro atoms. The van der Waals surface area contributed by atoms with E-state index in [1.807, 2.05) is 62.4 Å². The van der Waals surface area contributed by atoms with E-state index in [0.717, 1.165) is 41.2 Å². The van der Waals surface area contributed by atoms with Gasteiger partial charge < -0.3 is 10.2 Å². The van der Waals surface area contributed by atoms with Gasteiger partial charge in [0.15, 0.2) is 0 Å². The maximum Gasteiger partial charge on any atom is 0.266 e. The van der Waals surface area contributed by atoms with E-state index >= 15 is 0 Å². The number of hydrogen-bond donors (Lipinski definition) is 1. The molecule has 1 N–H and O–H groups in total. The molecule has 0 saturated carbocycles. The first-order chi connectivity index (χ1) is 12.5. The van der Waals surface area contributed by atoms with Crippen molar-refractivity contribution in [3.8, 4) is 6.07 Å². The van der Waals surface area contributed by atoms with Crippen LogP contribution in [0.1, 0.15) is 30.5 Å². The first-order valence-corrected chi connectivity index (χ1v) is 8.84. The number of benzene rings is 2. The largest absolute Gasteiger partial charge is 0.372 e. The lowest BCUT2D eigenvalue weighted by Gasteiger charge is -2.20. The van der Waals surface area contributed by atoms with Crippen LogP contribution in [0.15, 0.2) is 48.0 Å². The molecule has 2 rings (SSSR count). The normalized spacial score (nSPS) is 11.0. The molecule has 2 aromatic rings. The lowest BCUT2D eigenvalue weighted by atomic mass is 10.1. The predicted molar refractivity (Wildman–Crippen MR) is 108 cm³/mol. The fourth-order valence-electron chi connectivity index (χ4n) is 2.88. The fraction of sp³-hybridized carbons (Fsp3) is 0.273. The highest BCUT2D eigenvalue weighted by molar-refractivity contribution is 6.10. The van der Waals surface area contributed by atoms with E-state index in [1.165, 1.54) is 0 Å². The summed E-state index contributed by atoms with van der Waals surface area (Å²) in [6.45, 7) is 9.97. The Bertz CT molecular complexity index is 820. The molecule has 26 heavy (non-hydrogen) atoms. The minimum absolute atomic E-state index is 0.0863. The molecule has 4 heteroatoms. The van der Waals surface area contributed by atoms with Crippen molar-refractivity contribution in [2.45, 2.75) is 27.7 Å². The average molecular weight is 347 g/mol. The first kappa shape index (κ1) is 19.3. The molecule has 0 heterocycles. The Morgan fingerprint density at radius 3 is 2.15 bits per heavy atom. The number of carbonyl (C=O) groups excluding carboxylic acids is 1. The molecule has 0 aliphatic rings. The quantitative estimate of drug-likeness (QED) is 0.609. The van der Waals surface area contributed by atoms with Crippen LogP contribution in [-0.2, 0) is 4.79 Å². The Labute approximate surface area is 155 Å². The van der Waals surface area contributed by atoms with Crippen molar-refractivity contribution in [3.05, 3.63) is 64.7 Å². The number of nitrogens with one attached hydrogen (secondary N) is 1. The van der Waals surface area contributed by atoms with Crippen molar-refractivity contribution in [2.24, 2.45) is 0 Å². The second-order valence-electron chi connectivity index (χ2n) is 6.15. The number of nitriles is 1. The zero-order chi connectivity index (χ0) is 19.1. The summed E-state index contributed by atoms with van der Waals surface area (Å²) < 4.78 is 0. The molecular weight excluding hydrogens is 322 g/mol. The lowest BCUT2D eigenvalue weighted by molar-refractivity contribution is -0.112. The van der Waals surface area contributed by atoms with Crippen LogP contribution in [0, 0.1) is 25.2 Å². The molecule has 0 aliphatic carbocycles. The highest BCUT2D eigenvalue weighted by Crippen LogP contribution is 2.21. The Hall–Kier alpha value is -3.06. The number of aryl methyl sites for hydroxylation is 2. The Kier molecular flexibility index (Phi) is 6.57. The Balaban J connectivity index is 2.22. The minimum atomic E-state index is -0.391. The van der Waals surface area contributed by atoms with Gasteiger partial charge in [-0.1, -0.05) is 30.3 Å². The standard InChI is InChI=1S/C22H25N3O/c1-5-25(6-2)20-12-10-18(11-13-20)14-19(15-23)22(26)24-21-16(3)8-7-9-17(21)4/h7-14H,5-6H2,1-4H3,(H,24,26)/b19-14+. The molecule has 0 bridgehead atoms. The Morgan fingerprint density at radius 1 is 1.08 bits per heavy atom. The van der Waals surface area contributed by atoms with Crippen molar-refractivity contribution >= 4 is 23.4 Å². The summed E-state index contributed by atoms with van der Waals surface area (Å²) in [5.74, 6) is -0.391. The van der Waals surface area contributed by atoms with Crippen molar-refractivity contribution in [3.63, 3.8) is 0 Å². The van der Waals surface area contributed by atoms with Gasteiger partial charge in [-0.25, -0.2) is 0 Å². The van der Waals surface area contributed by atoms with E-state index in [9.17, 15) is 10.1 Å². The molecule has 0 aromatic heterocycles. The highest BCUT2D eigenvalue weighted by atomic mass is 16.1. The van der Waals surface area contributed by atoms with E-state index in [0.29, 0.717) is 0 Å². The van der Waals surface area contributed by atoms with Crippen LogP contribution in [0.4, 0.5) is 11.4 Å². The molecule has 0 unspecified atom stereocenters. The van der Waals surface area contributed by atoms with Crippen LogP contribution in [0.25, 0.3) is 6.08 Å². The number of rotatable bonds is 6. The highest BCUT2D eigenvalue weighted by Gasteiger charge is 2.12. The summed E-state index contributed by atoms with van der Waals surface area (Å²) in [5, 5.41) is 12.3. The number of carbonyl (C=O) groups is 1. The number of hydrogen-bond acceptors (Lipinski definition) is 3. The molecule has 0 saturated heterocycles. The molecule has 0 radical (unpaired) electrons. The first-order valence-electron chi connectivity index (χ1n) is 8.84. The maximum atomic E-state index is 12.5. The van der Waals surface area contributed by atoms with Gasteiger partial charge in [0, 0.05) is 24.5 Å². The SMILES string of the molecule is CCN(CC)c1ccc(/C=C(\C#N)C(=O)Nc2c(C)cccc2C)cc1. The number of amides is 1. The topological polar surface area (TPSA) is 56.1 Å². The van der Waals surface area contributed by atoms with Crippen LogP contribution in [0.5, 0.6) is 0 Å². The van der Waals surface area contributed by atoms with Gasteiger partial charge in [0.25, 0.3) is 5.91 Å². The van der Waals surface area contributed by atoms with Gasteiger partial charge in [-0.05, 0) is 62.6 Å². The zero-order valence-corrected chi connectivity index (χ0v) is 15.8. The molecule has 0 atom stereocenters. The number of nitrogens with zero attached hydrogens (tertiary/aromatic N) is 2. The summed E-state index contributed by atoms with van der Waals surface area (Å²) in [5.41, 5.74) is 4.75. The summed E-state index contributed by atoms with van der Waals surface area (Å²) in [4.78, 5) is 14.8. The van der Waals surface area contributed by atoms with E-state index in [4.69, 9.17) is 0 Å². The fourth-order valence-corrected chi connectivity index (χ4v) is 2.88.